The molecular formula is C24H31ClN3O2+. The summed E-state index contributed by atoms with van der Waals surface area (Å²) in [6.45, 7) is 9.29. The van der Waals surface area contributed by atoms with E-state index >= 15 is 0 Å². The van der Waals surface area contributed by atoms with Crippen LogP contribution in [0.3, 0.4) is 0 Å². The molecule has 1 saturated heterocycles. The lowest BCUT2D eigenvalue weighted by Gasteiger charge is -2.33. The van der Waals surface area contributed by atoms with Gasteiger partial charge in [-0.3, -0.25) is 0 Å². The molecule has 30 heavy (non-hydrogen) atoms. The average molecular weight is 429 g/mol. The second-order valence-electron chi connectivity index (χ2n) is 7.55. The first-order valence-corrected chi connectivity index (χ1v) is 11.0. The first-order chi connectivity index (χ1) is 14.7. The lowest BCUT2D eigenvalue weighted by atomic mass is 10.0. The van der Waals surface area contributed by atoms with Crippen molar-refractivity contribution < 1.29 is 14.4 Å². The number of carbonyl (C=O) groups is 1. The summed E-state index contributed by atoms with van der Waals surface area (Å²) in [7, 11) is 0. The number of nitrogens with one attached hydrogen (secondary N) is 2. The van der Waals surface area contributed by atoms with Crippen molar-refractivity contribution >= 4 is 23.3 Å². The molecule has 1 aliphatic rings. The molecule has 0 saturated carbocycles. The van der Waals surface area contributed by atoms with Crippen molar-refractivity contribution in [2.24, 2.45) is 0 Å². The molecule has 2 amide bonds. The first kappa shape index (κ1) is 22.3. The maximum Gasteiger partial charge on any atom is 0.322 e. The van der Waals surface area contributed by atoms with E-state index in [9.17, 15) is 4.79 Å². The van der Waals surface area contributed by atoms with Crippen LogP contribution in [0, 0.1) is 0 Å². The van der Waals surface area contributed by atoms with Crippen LogP contribution in [-0.4, -0.2) is 50.3 Å². The summed E-state index contributed by atoms with van der Waals surface area (Å²) < 4.78 is 5.45. The fraction of sp³-hybridized carbons (Fsp3) is 0.375. The van der Waals surface area contributed by atoms with Gasteiger partial charge in [0.25, 0.3) is 0 Å². The van der Waals surface area contributed by atoms with Gasteiger partial charge in [-0.2, -0.15) is 0 Å². The minimum absolute atomic E-state index is 0.106. The van der Waals surface area contributed by atoms with Crippen LogP contribution in [0.4, 0.5) is 10.5 Å². The van der Waals surface area contributed by atoms with Crippen LogP contribution in [-0.2, 0) is 4.74 Å². The number of rotatable bonds is 9. The van der Waals surface area contributed by atoms with E-state index in [-0.39, 0.29) is 12.1 Å². The molecule has 0 unspecified atom stereocenters. The highest BCUT2D eigenvalue weighted by atomic mass is 35.5. The molecule has 1 heterocycles. The summed E-state index contributed by atoms with van der Waals surface area (Å²) in [4.78, 5) is 16.7. The molecule has 1 aliphatic heterocycles. The van der Waals surface area contributed by atoms with Crippen LogP contribution in [0.2, 0.25) is 5.02 Å². The van der Waals surface area contributed by atoms with Crippen molar-refractivity contribution in [3.63, 3.8) is 0 Å². The Morgan fingerprint density at radius 3 is 2.67 bits per heavy atom. The minimum Gasteiger partial charge on any atom is -0.370 e. The molecular weight excluding hydrogens is 398 g/mol. The number of benzene rings is 2. The van der Waals surface area contributed by atoms with Crippen LogP contribution in [0.5, 0.6) is 0 Å². The third-order valence-corrected chi connectivity index (χ3v) is 5.65. The summed E-state index contributed by atoms with van der Waals surface area (Å²) in [5.41, 5.74) is 1.80. The molecule has 3 rings (SSSR count). The molecule has 1 atom stereocenters. The molecule has 2 aromatic rings. The molecule has 0 aliphatic carbocycles. The number of hydrogen-bond acceptors (Lipinski definition) is 2. The van der Waals surface area contributed by atoms with Crippen molar-refractivity contribution in [2.45, 2.75) is 18.9 Å². The number of urea groups is 1. The molecule has 0 radical (unpaired) electrons. The van der Waals surface area contributed by atoms with Gasteiger partial charge in [0.05, 0.1) is 25.8 Å². The maximum atomic E-state index is 13.3. The SMILES string of the molecule is C=CC[C@H](c1cccc(Cl)c1)N(CCC[NH+]1CCOCC1)C(=O)Nc1ccccc1. The molecule has 0 spiro atoms. The van der Waals surface area contributed by atoms with E-state index in [1.807, 2.05) is 65.6 Å². The van der Waals surface area contributed by atoms with Crippen LogP contribution >= 0.6 is 11.6 Å². The Morgan fingerprint density at radius 2 is 1.97 bits per heavy atom. The van der Waals surface area contributed by atoms with Crippen molar-refractivity contribution in [2.75, 3.05) is 44.7 Å². The highest BCUT2D eigenvalue weighted by molar-refractivity contribution is 6.30. The van der Waals surface area contributed by atoms with E-state index in [1.54, 1.807) is 0 Å². The summed E-state index contributed by atoms with van der Waals surface area (Å²) in [5, 5.41) is 3.72. The Labute approximate surface area is 184 Å². The first-order valence-electron chi connectivity index (χ1n) is 10.6. The van der Waals surface area contributed by atoms with Crippen molar-refractivity contribution in [3.05, 3.63) is 77.8 Å². The second-order valence-corrected chi connectivity index (χ2v) is 7.99. The minimum atomic E-state index is -0.121. The normalized spacial score (nSPS) is 15.4. The zero-order valence-corrected chi connectivity index (χ0v) is 18.1. The van der Waals surface area contributed by atoms with Gasteiger partial charge < -0.3 is 19.9 Å². The quantitative estimate of drug-likeness (QED) is 0.597. The summed E-state index contributed by atoms with van der Waals surface area (Å²) in [6.07, 6.45) is 3.44. The summed E-state index contributed by atoms with van der Waals surface area (Å²) in [5.74, 6) is 0. The number of quaternary nitrogens is 1. The smallest absolute Gasteiger partial charge is 0.322 e. The zero-order valence-electron chi connectivity index (χ0n) is 17.4. The zero-order chi connectivity index (χ0) is 21.2. The molecule has 6 heteroatoms. The van der Waals surface area contributed by atoms with Crippen molar-refractivity contribution in [1.82, 2.24) is 4.90 Å². The predicted octanol–water partition coefficient (Wildman–Crippen LogP) is 3.80. The molecule has 2 N–H and O–H groups in total. The standard InChI is InChI=1S/C24H30ClN3O2/c1-2-8-23(20-9-6-10-21(25)19-20)28(14-7-13-27-15-17-30-18-16-27)24(29)26-22-11-4-3-5-12-22/h2-6,9-12,19,23H,1,7-8,13-18H2,(H,26,29)/p+1/t23-/m1/s1. The molecule has 160 valence electrons. The van der Waals surface area contributed by atoms with Gasteiger partial charge in [-0.05, 0) is 36.2 Å². The summed E-state index contributed by atoms with van der Waals surface area (Å²) in [6, 6.07) is 17.1. The maximum absolute atomic E-state index is 13.3. The van der Waals surface area contributed by atoms with Gasteiger partial charge >= 0.3 is 6.03 Å². The molecule has 2 aromatic carbocycles. The van der Waals surface area contributed by atoms with E-state index < -0.39 is 0 Å². The topological polar surface area (TPSA) is 46.0 Å². The Bertz CT molecular complexity index is 809. The van der Waals surface area contributed by atoms with Gasteiger partial charge in [0.2, 0.25) is 0 Å². The number of hydrogen-bond donors (Lipinski definition) is 2. The Morgan fingerprint density at radius 1 is 1.20 bits per heavy atom. The number of amides is 2. The van der Waals surface area contributed by atoms with E-state index in [0.717, 1.165) is 50.5 Å². The van der Waals surface area contributed by atoms with Crippen molar-refractivity contribution in [3.8, 4) is 0 Å². The van der Waals surface area contributed by atoms with Gasteiger partial charge in [-0.25, -0.2) is 4.79 Å². The predicted molar refractivity (Wildman–Crippen MR) is 122 cm³/mol. The Balaban J connectivity index is 1.76. The number of halogens is 1. The largest absolute Gasteiger partial charge is 0.370 e. The number of para-hydroxylation sites is 1. The van der Waals surface area contributed by atoms with Gasteiger partial charge in [-0.1, -0.05) is 48.0 Å². The third kappa shape index (κ3) is 6.59. The number of carbonyl (C=O) groups excluding carboxylic acids is 1. The fourth-order valence-electron chi connectivity index (χ4n) is 3.84. The number of morpholine rings is 1. The van der Waals surface area contributed by atoms with Gasteiger partial charge in [0.15, 0.2) is 0 Å². The highest BCUT2D eigenvalue weighted by Gasteiger charge is 2.25. The van der Waals surface area contributed by atoms with Crippen LogP contribution < -0.4 is 10.2 Å². The number of anilines is 1. The van der Waals surface area contributed by atoms with E-state index in [2.05, 4.69) is 11.9 Å². The summed E-state index contributed by atoms with van der Waals surface area (Å²) >= 11 is 6.25. The van der Waals surface area contributed by atoms with Gasteiger partial charge in [0, 0.05) is 23.7 Å². The van der Waals surface area contributed by atoms with Crippen LogP contribution in [0.25, 0.3) is 0 Å². The van der Waals surface area contributed by atoms with Crippen molar-refractivity contribution in [1.29, 1.82) is 0 Å². The van der Waals surface area contributed by atoms with Gasteiger partial charge in [-0.15, -0.1) is 6.58 Å². The number of ether oxygens (including phenoxy) is 1. The van der Waals surface area contributed by atoms with E-state index in [0.29, 0.717) is 18.0 Å². The second kappa shape index (κ2) is 11.7. The molecule has 0 aromatic heterocycles. The Kier molecular flexibility index (Phi) is 8.75. The fourth-order valence-corrected chi connectivity index (χ4v) is 4.04. The Hall–Kier alpha value is -2.34. The lowest BCUT2D eigenvalue weighted by molar-refractivity contribution is -0.908. The monoisotopic (exact) mass is 428 g/mol. The average Bonchev–Trinajstić information content (AvgIpc) is 2.77. The lowest BCUT2D eigenvalue weighted by Crippen LogP contribution is -3.14. The van der Waals surface area contributed by atoms with Gasteiger partial charge in [0.1, 0.15) is 13.1 Å². The van der Waals surface area contributed by atoms with Crippen LogP contribution in [0.1, 0.15) is 24.4 Å². The molecule has 1 fully saturated rings. The molecule has 5 nitrogen and oxygen atoms in total. The van der Waals surface area contributed by atoms with E-state index in [4.69, 9.17) is 16.3 Å². The third-order valence-electron chi connectivity index (χ3n) is 5.41. The van der Waals surface area contributed by atoms with E-state index in [1.165, 1.54) is 4.90 Å². The number of nitrogens with zero attached hydrogens (tertiary/aromatic N) is 1. The van der Waals surface area contributed by atoms with Crippen LogP contribution in [0.15, 0.2) is 67.3 Å². The molecule has 0 bridgehead atoms. The highest BCUT2D eigenvalue weighted by Crippen LogP contribution is 2.28.